The summed E-state index contributed by atoms with van der Waals surface area (Å²) in [4.78, 5) is 0. The number of furan rings is 1. The topological polar surface area (TPSA) is 22.4 Å². The van der Waals surface area contributed by atoms with Gasteiger partial charge in [0, 0.05) is 5.56 Å². The van der Waals surface area contributed by atoms with Crippen molar-refractivity contribution in [1.82, 2.24) is 0 Å². The molecule has 0 aliphatic heterocycles. The lowest BCUT2D eigenvalue weighted by atomic mass is 9.99. The van der Waals surface area contributed by atoms with E-state index in [2.05, 4.69) is 26.0 Å². The molecule has 0 radical (unpaired) electrons. The van der Waals surface area contributed by atoms with Gasteiger partial charge in [0.2, 0.25) is 0 Å². The standard InChI is InChI=1S/C15H18O2/c1-3-12(2)14-4-6-15(7-5-14)17-11-13-8-9-16-10-13/h4-10,12H,3,11H2,1-2H3. The quantitative estimate of drug-likeness (QED) is 0.760. The van der Waals surface area contributed by atoms with Gasteiger partial charge in [-0.2, -0.15) is 0 Å². The highest BCUT2D eigenvalue weighted by molar-refractivity contribution is 5.29. The fraction of sp³-hybridized carbons (Fsp3) is 0.333. The number of hydrogen-bond acceptors (Lipinski definition) is 2. The zero-order chi connectivity index (χ0) is 12.1. The van der Waals surface area contributed by atoms with Gasteiger partial charge in [0.1, 0.15) is 12.4 Å². The first-order chi connectivity index (χ1) is 8.29. The minimum absolute atomic E-state index is 0.555. The smallest absolute Gasteiger partial charge is 0.119 e. The molecule has 0 aliphatic rings. The summed E-state index contributed by atoms with van der Waals surface area (Å²) in [5.41, 5.74) is 2.42. The van der Waals surface area contributed by atoms with E-state index in [1.165, 1.54) is 5.56 Å². The summed E-state index contributed by atoms with van der Waals surface area (Å²) in [6, 6.07) is 10.2. The first kappa shape index (κ1) is 11.8. The Bertz CT molecular complexity index is 428. The Labute approximate surface area is 102 Å². The summed E-state index contributed by atoms with van der Waals surface area (Å²) in [6.45, 7) is 4.99. The Hall–Kier alpha value is -1.70. The van der Waals surface area contributed by atoms with Crippen LogP contribution in [0.4, 0.5) is 0 Å². The molecule has 0 fully saturated rings. The molecule has 0 amide bonds. The van der Waals surface area contributed by atoms with E-state index in [-0.39, 0.29) is 0 Å². The Morgan fingerprint density at radius 3 is 2.53 bits per heavy atom. The van der Waals surface area contributed by atoms with Crippen molar-refractivity contribution in [2.45, 2.75) is 32.8 Å². The van der Waals surface area contributed by atoms with Gasteiger partial charge in [-0.25, -0.2) is 0 Å². The van der Waals surface area contributed by atoms with Crippen LogP contribution in [-0.2, 0) is 6.61 Å². The molecule has 0 aliphatic carbocycles. The van der Waals surface area contributed by atoms with E-state index in [0.29, 0.717) is 12.5 Å². The number of benzene rings is 1. The molecule has 2 aromatic rings. The van der Waals surface area contributed by atoms with Crippen LogP contribution < -0.4 is 4.74 Å². The van der Waals surface area contributed by atoms with Crippen LogP contribution in [0.5, 0.6) is 5.75 Å². The molecule has 2 nitrogen and oxygen atoms in total. The Morgan fingerprint density at radius 1 is 1.18 bits per heavy atom. The van der Waals surface area contributed by atoms with E-state index in [0.717, 1.165) is 17.7 Å². The van der Waals surface area contributed by atoms with Crippen molar-refractivity contribution in [3.8, 4) is 5.75 Å². The molecule has 1 aromatic carbocycles. The van der Waals surface area contributed by atoms with Crippen LogP contribution in [0.25, 0.3) is 0 Å². The van der Waals surface area contributed by atoms with Crippen molar-refractivity contribution in [1.29, 1.82) is 0 Å². The zero-order valence-electron chi connectivity index (χ0n) is 10.3. The van der Waals surface area contributed by atoms with E-state index in [9.17, 15) is 0 Å². The Kier molecular flexibility index (Phi) is 3.86. The van der Waals surface area contributed by atoms with Crippen LogP contribution in [0.15, 0.2) is 47.3 Å². The lowest BCUT2D eigenvalue weighted by Crippen LogP contribution is -1.95. The van der Waals surface area contributed by atoms with E-state index < -0.39 is 0 Å². The van der Waals surface area contributed by atoms with Crippen LogP contribution in [0, 0.1) is 0 Å². The molecule has 1 unspecified atom stereocenters. The molecule has 1 heterocycles. The zero-order valence-corrected chi connectivity index (χ0v) is 10.3. The minimum atomic E-state index is 0.555. The summed E-state index contributed by atoms with van der Waals surface area (Å²) >= 11 is 0. The van der Waals surface area contributed by atoms with Crippen molar-refractivity contribution >= 4 is 0 Å². The predicted molar refractivity (Wildman–Crippen MR) is 68.2 cm³/mol. The predicted octanol–water partition coefficient (Wildman–Crippen LogP) is 4.37. The van der Waals surface area contributed by atoms with Crippen molar-refractivity contribution in [3.63, 3.8) is 0 Å². The summed E-state index contributed by atoms with van der Waals surface area (Å²) in [7, 11) is 0. The fourth-order valence-electron chi connectivity index (χ4n) is 1.67. The molecule has 2 heteroatoms. The molecule has 2 rings (SSSR count). The Balaban J connectivity index is 1.94. The largest absolute Gasteiger partial charge is 0.489 e. The van der Waals surface area contributed by atoms with Gasteiger partial charge >= 0.3 is 0 Å². The van der Waals surface area contributed by atoms with Crippen LogP contribution >= 0.6 is 0 Å². The minimum Gasteiger partial charge on any atom is -0.489 e. The van der Waals surface area contributed by atoms with E-state index in [1.54, 1.807) is 12.5 Å². The molecule has 0 N–H and O–H groups in total. The maximum absolute atomic E-state index is 5.66. The third kappa shape index (κ3) is 3.13. The van der Waals surface area contributed by atoms with Crippen molar-refractivity contribution in [2.24, 2.45) is 0 Å². The number of rotatable bonds is 5. The van der Waals surface area contributed by atoms with Gasteiger partial charge in [0.05, 0.1) is 12.5 Å². The van der Waals surface area contributed by atoms with Gasteiger partial charge in [-0.3, -0.25) is 0 Å². The highest BCUT2D eigenvalue weighted by atomic mass is 16.5. The number of ether oxygens (including phenoxy) is 1. The third-order valence-corrected chi connectivity index (χ3v) is 3.05. The van der Waals surface area contributed by atoms with E-state index >= 15 is 0 Å². The van der Waals surface area contributed by atoms with E-state index in [1.807, 2.05) is 18.2 Å². The van der Waals surface area contributed by atoms with Crippen LogP contribution in [0.1, 0.15) is 37.3 Å². The van der Waals surface area contributed by atoms with Crippen molar-refractivity contribution in [2.75, 3.05) is 0 Å². The molecular weight excluding hydrogens is 212 g/mol. The van der Waals surface area contributed by atoms with Crippen LogP contribution in [-0.4, -0.2) is 0 Å². The van der Waals surface area contributed by atoms with Gasteiger partial charge in [-0.15, -0.1) is 0 Å². The van der Waals surface area contributed by atoms with Gasteiger partial charge in [0.25, 0.3) is 0 Å². The summed E-state index contributed by atoms with van der Waals surface area (Å²) < 4.78 is 10.6. The third-order valence-electron chi connectivity index (χ3n) is 3.05. The first-order valence-corrected chi connectivity index (χ1v) is 6.03. The molecule has 1 aromatic heterocycles. The van der Waals surface area contributed by atoms with Crippen LogP contribution in [0.3, 0.4) is 0 Å². The lowest BCUT2D eigenvalue weighted by molar-refractivity contribution is 0.304. The Morgan fingerprint density at radius 2 is 1.94 bits per heavy atom. The molecule has 0 saturated carbocycles. The highest BCUT2D eigenvalue weighted by Gasteiger charge is 2.03. The van der Waals surface area contributed by atoms with Gasteiger partial charge in [-0.05, 0) is 36.1 Å². The second kappa shape index (κ2) is 5.58. The molecule has 90 valence electrons. The maximum atomic E-state index is 5.66. The SMILES string of the molecule is CCC(C)c1ccc(OCc2ccoc2)cc1. The average molecular weight is 230 g/mol. The number of hydrogen-bond donors (Lipinski definition) is 0. The summed E-state index contributed by atoms with van der Waals surface area (Å²) in [5.74, 6) is 1.51. The normalized spacial score (nSPS) is 12.4. The molecule has 0 saturated heterocycles. The van der Waals surface area contributed by atoms with Gasteiger partial charge in [0.15, 0.2) is 0 Å². The van der Waals surface area contributed by atoms with Gasteiger partial charge < -0.3 is 9.15 Å². The second-order valence-electron chi connectivity index (χ2n) is 4.30. The lowest BCUT2D eigenvalue weighted by Gasteiger charge is -2.10. The molecule has 1 atom stereocenters. The second-order valence-corrected chi connectivity index (χ2v) is 4.30. The maximum Gasteiger partial charge on any atom is 0.119 e. The van der Waals surface area contributed by atoms with Gasteiger partial charge in [-0.1, -0.05) is 26.0 Å². The van der Waals surface area contributed by atoms with Crippen molar-refractivity contribution in [3.05, 3.63) is 54.0 Å². The fourth-order valence-corrected chi connectivity index (χ4v) is 1.67. The summed E-state index contributed by atoms with van der Waals surface area (Å²) in [5, 5.41) is 0. The van der Waals surface area contributed by atoms with Crippen LogP contribution in [0.2, 0.25) is 0 Å². The van der Waals surface area contributed by atoms with E-state index in [4.69, 9.17) is 9.15 Å². The first-order valence-electron chi connectivity index (χ1n) is 6.03. The monoisotopic (exact) mass is 230 g/mol. The van der Waals surface area contributed by atoms with Crippen molar-refractivity contribution < 1.29 is 9.15 Å². The highest BCUT2D eigenvalue weighted by Crippen LogP contribution is 2.21. The molecule has 17 heavy (non-hydrogen) atoms. The molecule has 0 spiro atoms. The molecule has 0 bridgehead atoms. The summed E-state index contributed by atoms with van der Waals surface area (Å²) in [6.07, 6.45) is 4.52. The molecular formula is C15H18O2. The average Bonchev–Trinajstić information content (AvgIpc) is 2.89.